The monoisotopic (exact) mass is 342 g/mol. The van der Waals surface area contributed by atoms with Crippen molar-refractivity contribution < 1.29 is 14.3 Å². The number of carbonyl (C=O) groups is 1. The van der Waals surface area contributed by atoms with Crippen LogP contribution < -0.4 is 10.2 Å². The minimum atomic E-state index is -0.505. The van der Waals surface area contributed by atoms with E-state index in [1.54, 1.807) is 12.3 Å². The molecule has 1 aromatic heterocycles. The summed E-state index contributed by atoms with van der Waals surface area (Å²) in [5.41, 5.74) is 3.08. The van der Waals surface area contributed by atoms with Gasteiger partial charge in [-0.2, -0.15) is 0 Å². The van der Waals surface area contributed by atoms with Gasteiger partial charge in [-0.1, -0.05) is 31.5 Å². The molecule has 0 aliphatic carbocycles. The highest BCUT2D eigenvalue weighted by molar-refractivity contribution is 5.95. The van der Waals surface area contributed by atoms with Gasteiger partial charge in [0.15, 0.2) is 0 Å². The maximum Gasteiger partial charge on any atom is 0.254 e. The SMILES string of the molecule is CCCC(O)CNC(=O)c1ccoc1CN1c2ccccc2CC1C. The molecule has 2 unspecified atom stereocenters. The predicted octanol–water partition coefficient (Wildman–Crippen LogP) is 3.12. The largest absolute Gasteiger partial charge is 0.467 e. The van der Waals surface area contributed by atoms with Crippen LogP contribution in [0.5, 0.6) is 0 Å². The van der Waals surface area contributed by atoms with Gasteiger partial charge in [0.25, 0.3) is 5.91 Å². The maximum absolute atomic E-state index is 12.4. The number of aliphatic hydroxyl groups excluding tert-OH is 1. The minimum Gasteiger partial charge on any atom is -0.467 e. The Morgan fingerprint density at radius 3 is 3.00 bits per heavy atom. The number of fused-ring (bicyclic) bond motifs is 1. The number of benzene rings is 1. The molecule has 2 heterocycles. The number of nitrogens with zero attached hydrogens (tertiary/aromatic N) is 1. The van der Waals surface area contributed by atoms with Crippen LogP contribution in [-0.2, 0) is 13.0 Å². The second-order valence-electron chi connectivity index (χ2n) is 6.72. The van der Waals surface area contributed by atoms with E-state index in [9.17, 15) is 9.90 Å². The molecule has 0 bridgehead atoms. The second kappa shape index (κ2) is 7.74. The van der Waals surface area contributed by atoms with Crippen molar-refractivity contribution >= 4 is 11.6 Å². The Morgan fingerprint density at radius 2 is 2.20 bits per heavy atom. The van der Waals surface area contributed by atoms with Crippen LogP contribution in [0.1, 0.15) is 48.4 Å². The van der Waals surface area contributed by atoms with Gasteiger partial charge in [-0.3, -0.25) is 4.79 Å². The third-order valence-electron chi connectivity index (χ3n) is 4.77. The topological polar surface area (TPSA) is 65.7 Å². The number of amides is 1. The highest BCUT2D eigenvalue weighted by Crippen LogP contribution is 2.33. The molecule has 25 heavy (non-hydrogen) atoms. The molecule has 0 radical (unpaired) electrons. The van der Waals surface area contributed by atoms with E-state index < -0.39 is 6.10 Å². The van der Waals surface area contributed by atoms with Crippen molar-refractivity contribution in [3.8, 4) is 0 Å². The van der Waals surface area contributed by atoms with Crippen molar-refractivity contribution in [1.29, 1.82) is 0 Å². The number of furan rings is 1. The smallest absolute Gasteiger partial charge is 0.254 e. The number of para-hydroxylation sites is 1. The molecule has 1 aromatic carbocycles. The van der Waals surface area contributed by atoms with Crippen LogP contribution in [0.4, 0.5) is 5.69 Å². The van der Waals surface area contributed by atoms with E-state index in [0.717, 1.165) is 12.8 Å². The molecule has 0 saturated heterocycles. The predicted molar refractivity (Wildman–Crippen MR) is 97.7 cm³/mol. The number of aliphatic hydroxyl groups is 1. The molecule has 0 saturated carbocycles. The minimum absolute atomic E-state index is 0.195. The summed E-state index contributed by atoms with van der Waals surface area (Å²) in [6, 6.07) is 10.4. The lowest BCUT2D eigenvalue weighted by atomic mass is 10.1. The van der Waals surface area contributed by atoms with Crippen molar-refractivity contribution in [3.05, 3.63) is 53.5 Å². The fourth-order valence-corrected chi connectivity index (χ4v) is 3.43. The normalized spacial score (nSPS) is 17.4. The molecule has 5 nitrogen and oxygen atoms in total. The van der Waals surface area contributed by atoms with Crippen molar-refractivity contribution in [2.45, 2.75) is 51.8 Å². The van der Waals surface area contributed by atoms with E-state index in [0.29, 0.717) is 30.3 Å². The Kier molecular flexibility index (Phi) is 5.43. The molecule has 1 amide bonds. The molecular weight excluding hydrogens is 316 g/mol. The van der Waals surface area contributed by atoms with Crippen LogP contribution in [0, 0.1) is 0 Å². The van der Waals surface area contributed by atoms with Gasteiger partial charge < -0.3 is 19.7 Å². The first kappa shape index (κ1) is 17.5. The summed E-state index contributed by atoms with van der Waals surface area (Å²) >= 11 is 0. The van der Waals surface area contributed by atoms with Crippen LogP contribution >= 0.6 is 0 Å². The standard InChI is InChI=1S/C20H26N2O3/c1-3-6-16(23)12-21-20(24)17-9-10-25-19(17)13-22-14(2)11-15-7-4-5-8-18(15)22/h4-5,7-10,14,16,23H,3,6,11-13H2,1-2H3,(H,21,24). The molecule has 0 spiro atoms. The molecule has 2 aromatic rings. The quantitative estimate of drug-likeness (QED) is 0.811. The number of anilines is 1. The fraction of sp³-hybridized carbons (Fsp3) is 0.450. The Morgan fingerprint density at radius 1 is 1.40 bits per heavy atom. The summed E-state index contributed by atoms with van der Waals surface area (Å²) in [5, 5.41) is 12.6. The summed E-state index contributed by atoms with van der Waals surface area (Å²) in [5.74, 6) is 0.463. The van der Waals surface area contributed by atoms with E-state index in [-0.39, 0.29) is 12.5 Å². The Labute approximate surface area is 148 Å². The number of carbonyl (C=O) groups excluding carboxylic acids is 1. The number of hydrogen-bond donors (Lipinski definition) is 2. The van der Waals surface area contributed by atoms with Crippen molar-refractivity contribution in [2.75, 3.05) is 11.4 Å². The first-order valence-electron chi connectivity index (χ1n) is 8.97. The average Bonchev–Trinajstić information content (AvgIpc) is 3.18. The molecular formula is C20H26N2O3. The number of hydrogen-bond acceptors (Lipinski definition) is 4. The Bertz CT molecular complexity index is 725. The molecule has 5 heteroatoms. The summed E-state index contributed by atoms with van der Waals surface area (Å²) < 4.78 is 5.60. The van der Waals surface area contributed by atoms with Crippen LogP contribution in [0.15, 0.2) is 41.0 Å². The summed E-state index contributed by atoms with van der Waals surface area (Å²) in [6.07, 6.45) is 3.62. The zero-order valence-corrected chi connectivity index (χ0v) is 14.9. The molecule has 2 atom stereocenters. The Balaban J connectivity index is 1.69. The lowest BCUT2D eigenvalue weighted by Crippen LogP contribution is -2.33. The number of nitrogens with one attached hydrogen (secondary N) is 1. The highest BCUT2D eigenvalue weighted by atomic mass is 16.3. The van der Waals surface area contributed by atoms with E-state index in [1.165, 1.54) is 11.3 Å². The molecule has 1 aliphatic rings. The molecule has 1 aliphatic heterocycles. The zero-order valence-electron chi connectivity index (χ0n) is 14.9. The van der Waals surface area contributed by atoms with Crippen LogP contribution in [0.3, 0.4) is 0 Å². The first-order valence-corrected chi connectivity index (χ1v) is 8.97. The van der Waals surface area contributed by atoms with E-state index in [2.05, 4.69) is 35.3 Å². The third-order valence-corrected chi connectivity index (χ3v) is 4.77. The third kappa shape index (κ3) is 3.87. The highest BCUT2D eigenvalue weighted by Gasteiger charge is 2.28. The summed E-state index contributed by atoms with van der Waals surface area (Å²) in [6.45, 7) is 5.02. The van der Waals surface area contributed by atoms with Gasteiger partial charge in [0.1, 0.15) is 5.76 Å². The van der Waals surface area contributed by atoms with Crippen molar-refractivity contribution in [1.82, 2.24) is 5.32 Å². The van der Waals surface area contributed by atoms with Gasteiger partial charge in [0.2, 0.25) is 0 Å². The van der Waals surface area contributed by atoms with E-state index >= 15 is 0 Å². The molecule has 2 N–H and O–H groups in total. The average molecular weight is 342 g/mol. The molecule has 0 fully saturated rings. The Hall–Kier alpha value is -2.27. The molecule has 3 rings (SSSR count). The van der Waals surface area contributed by atoms with Gasteiger partial charge >= 0.3 is 0 Å². The van der Waals surface area contributed by atoms with E-state index in [4.69, 9.17) is 4.42 Å². The number of rotatable bonds is 7. The lowest BCUT2D eigenvalue weighted by Gasteiger charge is -2.24. The zero-order chi connectivity index (χ0) is 17.8. The molecule has 134 valence electrons. The first-order chi connectivity index (χ1) is 12.1. The van der Waals surface area contributed by atoms with E-state index in [1.807, 2.05) is 13.0 Å². The van der Waals surface area contributed by atoms with Gasteiger partial charge in [0, 0.05) is 18.3 Å². The van der Waals surface area contributed by atoms with Gasteiger partial charge in [-0.15, -0.1) is 0 Å². The van der Waals surface area contributed by atoms with Crippen LogP contribution in [0.2, 0.25) is 0 Å². The lowest BCUT2D eigenvalue weighted by molar-refractivity contribution is 0.0908. The van der Waals surface area contributed by atoms with Crippen molar-refractivity contribution in [2.24, 2.45) is 0 Å². The van der Waals surface area contributed by atoms with Crippen LogP contribution in [-0.4, -0.2) is 29.7 Å². The van der Waals surface area contributed by atoms with Crippen molar-refractivity contribution in [3.63, 3.8) is 0 Å². The van der Waals surface area contributed by atoms with Gasteiger partial charge in [-0.25, -0.2) is 0 Å². The van der Waals surface area contributed by atoms with Gasteiger partial charge in [-0.05, 0) is 37.5 Å². The second-order valence-corrected chi connectivity index (χ2v) is 6.72. The summed E-state index contributed by atoms with van der Waals surface area (Å²) in [4.78, 5) is 14.7. The fourth-order valence-electron chi connectivity index (χ4n) is 3.43. The maximum atomic E-state index is 12.4. The summed E-state index contributed by atoms with van der Waals surface area (Å²) in [7, 11) is 0. The van der Waals surface area contributed by atoms with Gasteiger partial charge in [0.05, 0.1) is 24.5 Å². The van der Waals surface area contributed by atoms with Crippen LogP contribution in [0.25, 0.3) is 0 Å².